The number of allylic oxidation sites excluding steroid dienone is 1. The standard InChI is InChI=1S/C28H32F3N5O4S/c1-15-16(2)41-22-12-36(27(3,28(29,30)31)14-40-24(15)22)23(37)13-35(26(33)39)25(38)21-8-6-18-9-17(5-7-20(18)21)19(10-32)11-34-4/h5,7,9-11,21H,6,8,12-14,32H2,1-4H3,(H2,33,39)/t21-,27+/m0/s1. The number of benzene rings is 1. The number of carbonyl (C=O) groups excluding carboxylic acids is 3. The van der Waals surface area contributed by atoms with Crippen LogP contribution < -0.4 is 16.2 Å². The molecule has 0 fully saturated rings. The number of aryl methyl sites for hydroxylation is 2. The number of carbonyl (C=O) groups is 3. The summed E-state index contributed by atoms with van der Waals surface area (Å²) in [7, 11) is 1.61. The summed E-state index contributed by atoms with van der Waals surface area (Å²) in [5.41, 5.74) is 12.2. The highest BCUT2D eigenvalue weighted by molar-refractivity contribution is 7.12. The monoisotopic (exact) mass is 591 g/mol. The molecule has 2 aromatic rings. The number of rotatable bonds is 5. The van der Waals surface area contributed by atoms with Gasteiger partial charge in [-0.05, 0) is 50.3 Å². The maximum absolute atomic E-state index is 14.4. The number of urea groups is 1. The Morgan fingerprint density at radius 2 is 2.00 bits per heavy atom. The van der Waals surface area contributed by atoms with Gasteiger partial charge in [-0.2, -0.15) is 13.2 Å². The van der Waals surface area contributed by atoms with Gasteiger partial charge in [0.1, 0.15) is 18.9 Å². The lowest BCUT2D eigenvalue weighted by Gasteiger charge is -2.41. The van der Waals surface area contributed by atoms with Gasteiger partial charge in [0.05, 0.1) is 17.3 Å². The molecule has 0 unspecified atom stereocenters. The number of thiophene rings is 1. The van der Waals surface area contributed by atoms with Crippen LogP contribution in [0.15, 0.2) is 29.4 Å². The summed E-state index contributed by atoms with van der Waals surface area (Å²) in [6.07, 6.45) is -0.991. The average molecular weight is 592 g/mol. The Balaban J connectivity index is 1.62. The van der Waals surface area contributed by atoms with E-state index in [1.165, 1.54) is 17.5 Å². The Hall–Kier alpha value is -3.87. The highest BCUT2D eigenvalue weighted by atomic mass is 32.1. The van der Waals surface area contributed by atoms with E-state index in [9.17, 15) is 27.6 Å². The van der Waals surface area contributed by atoms with Crippen molar-refractivity contribution in [3.8, 4) is 5.75 Å². The van der Waals surface area contributed by atoms with Gasteiger partial charge in [-0.1, -0.05) is 18.2 Å². The number of nitrogens with zero attached hydrogens (tertiary/aromatic N) is 3. The van der Waals surface area contributed by atoms with Crippen LogP contribution in [-0.4, -0.2) is 65.8 Å². The molecule has 0 saturated carbocycles. The minimum Gasteiger partial charge on any atom is -0.489 e. The second-order valence-corrected chi connectivity index (χ2v) is 11.7. The molecule has 2 aliphatic rings. The minimum absolute atomic E-state index is 0.320. The molecule has 1 aliphatic heterocycles. The maximum atomic E-state index is 14.4. The third-order valence-corrected chi connectivity index (χ3v) is 9.00. The van der Waals surface area contributed by atoms with E-state index >= 15 is 0 Å². The summed E-state index contributed by atoms with van der Waals surface area (Å²) < 4.78 is 48.8. The molecule has 41 heavy (non-hydrogen) atoms. The summed E-state index contributed by atoms with van der Waals surface area (Å²) in [5, 5.41) is 0. The lowest BCUT2D eigenvalue weighted by Crippen LogP contribution is -2.63. The molecule has 4 amide bonds. The van der Waals surface area contributed by atoms with E-state index in [0.29, 0.717) is 50.0 Å². The van der Waals surface area contributed by atoms with E-state index in [1.807, 2.05) is 13.0 Å². The van der Waals surface area contributed by atoms with E-state index < -0.39 is 55.2 Å². The first-order valence-corrected chi connectivity index (χ1v) is 13.7. The van der Waals surface area contributed by atoms with E-state index in [-0.39, 0.29) is 0 Å². The normalized spacial score (nSPS) is 20.8. The minimum atomic E-state index is -4.86. The number of hydrogen-bond donors (Lipinski definition) is 2. The summed E-state index contributed by atoms with van der Waals surface area (Å²) in [6.45, 7) is 2.27. The zero-order valence-corrected chi connectivity index (χ0v) is 24.0. The number of primary amides is 1. The van der Waals surface area contributed by atoms with E-state index in [2.05, 4.69) is 4.99 Å². The quantitative estimate of drug-likeness (QED) is 0.507. The molecule has 0 saturated heterocycles. The van der Waals surface area contributed by atoms with Crippen molar-refractivity contribution >= 4 is 41.0 Å². The number of alkyl halides is 3. The molecule has 9 nitrogen and oxygen atoms in total. The molecule has 1 aromatic carbocycles. The van der Waals surface area contributed by atoms with Crippen LogP contribution in [0.25, 0.3) is 5.57 Å². The Bertz CT molecular complexity index is 1450. The average Bonchev–Trinajstić information content (AvgIpc) is 3.40. The van der Waals surface area contributed by atoms with Gasteiger partial charge in [0.15, 0.2) is 5.54 Å². The molecule has 4 N–H and O–H groups in total. The van der Waals surface area contributed by atoms with Gasteiger partial charge < -0.3 is 21.1 Å². The van der Waals surface area contributed by atoms with E-state index in [4.69, 9.17) is 16.2 Å². The lowest BCUT2D eigenvalue weighted by molar-refractivity contribution is -0.234. The van der Waals surface area contributed by atoms with Crippen molar-refractivity contribution in [2.75, 3.05) is 20.2 Å². The Morgan fingerprint density at radius 1 is 1.29 bits per heavy atom. The van der Waals surface area contributed by atoms with Gasteiger partial charge in [0.25, 0.3) is 0 Å². The fourth-order valence-corrected chi connectivity index (χ4v) is 6.37. The zero-order chi connectivity index (χ0) is 30.3. The highest BCUT2D eigenvalue weighted by Gasteiger charge is 2.59. The highest BCUT2D eigenvalue weighted by Crippen LogP contribution is 2.44. The topological polar surface area (TPSA) is 131 Å². The summed E-state index contributed by atoms with van der Waals surface area (Å²) in [5.74, 6) is -2.28. The third kappa shape index (κ3) is 5.42. The van der Waals surface area contributed by atoms with E-state index in [0.717, 1.165) is 22.9 Å². The second-order valence-electron chi connectivity index (χ2n) is 10.4. The molecular formula is C28H32F3N5O4S. The first-order valence-electron chi connectivity index (χ1n) is 12.9. The number of amides is 4. The number of imide groups is 1. The molecule has 0 spiro atoms. The van der Waals surface area contributed by atoms with Crippen molar-refractivity contribution in [1.29, 1.82) is 0 Å². The lowest BCUT2D eigenvalue weighted by atomic mass is 9.96. The van der Waals surface area contributed by atoms with Crippen LogP contribution in [0.5, 0.6) is 5.75 Å². The van der Waals surface area contributed by atoms with Crippen LogP contribution in [0.4, 0.5) is 18.0 Å². The molecule has 1 aromatic heterocycles. The Kier molecular flexibility index (Phi) is 8.21. The number of ether oxygens (including phenoxy) is 1. The predicted molar refractivity (Wildman–Crippen MR) is 150 cm³/mol. The van der Waals surface area contributed by atoms with Crippen molar-refractivity contribution in [3.63, 3.8) is 0 Å². The number of hydrogen-bond acceptors (Lipinski definition) is 7. The van der Waals surface area contributed by atoms with Crippen LogP contribution in [0, 0.1) is 13.8 Å². The third-order valence-electron chi connectivity index (χ3n) is 7.83. The van der Waals surface area contributed by atoms with Gasteiger partial charge in [0, 0.05) is 35.5 Å². The number of aliphatic imine (C=N–C) groups is 1. The van der Waals surface area contributed by atoms with Gasteiger partial charge in [-0.3, -0.25) is 19.5 Å². The summed E-state index contributed by atoms with van der Waals surface area (Å²) in [4.78, 5) is 46.0. The fraction of sp³-hybridized carbons (Fsp3) is 0.429. The molecule has 2 atom stereocenters. The zero-order valence-electron chi connectivity index (χ0n) is 23.2. The number of nitrogens with two attached hydrogens (primary N) is 2. The largest absolute Gasteiger partial charge is 0.489 e. The number of fused-ring (bicyclic) bond motifs is 2. The molecule has 220 valence electrons. The van der Waals surface area contributed by atoms with Crippen LogP contribution >= 0.6 is 11.3 Å². The van der Waals surface area contributed by atoms with Crippen LogP contribution in [0.2, 0.25) is 0 Å². The predicted octanol–water partition coefficient (Wildman–Crippen LogP) is 4.04. The maximum Gasteiger partial charge on any atom is 0.414 e. The van der Waals surface area contributed by atoms with Gasteiger partial charge in [0.2, 0.25) is 11.8 Å². The molecule has 0 bridgehead atoms. The summed E-state index contributed by atoms with van der Waals surface area (Å²) in [6, 6.07) is 4.16. The molecular weight excluding hydrogens is 559 g/mol. The van der Waals surface area contributed by atoms with Gasteiger partial charge in [-0.25, -0.2) is 4.79 Å². The Labute approximate surface area is 239 Å². The van der Waals surface area contributed by atoms with Crippen molar-refractivity contribution in [1.82, 2.24) is 9.80 Å². The first kappa shape index (κ1) is 30.1. The van der Waals surface area contributed by atoms with Gasteiger partial charge >= 0.3 is 12.2 Å². The van der Waals surface area contributed by atoms with Crippen LogP contribution in [0.1, 0.15) is 51.3 Å². The molecule has 4 rings (SSSR count). The summed E-state index contributed by atoms with van der Waals surface area (Å²) >= 11 is 1.24. The molecule has 2 heterocycles. The van der Waals surface area contributed by atoms with Crippen molar-refractivity contribution in [2.24, 2.45) is 16.5 Å². The van der Waals surface area contributed by atoms with Crippen molar-refractivity contribution in [3.05, 3.63) is 56.4 Å². The molecule has 0 radical (unpaired) electrons. The smallest absolute Gasteiger partial charge is 0.414 e. The second kappa shape index (κ2) is 11.2. The fourth-order valence-electron chi connectivity index (χ4n) is 5.26. The molecule has 13 heteroatoms. The van der Waals surface area contributed by atoms with Crippen LogP contribution in [-0.2, 0) is 22.6 Å². The van der Waals surface area contributed by atoms with Crippen molar-refractivity contribution in [2.45, 2.75) is 57.8 Å². The SMILES string of the molecule is CN=CC(=CN)c1ccc2c(c1)CC[C@@H]2C(=O)N(CC(=O)N1Cc2sc(C)c(C)c2OC[C@]1(C)C(F)(F)F)C(N)=O. The van der Waals surface area contributed by atoms with Gasteiger partial charge in [-0.15, -0.1) is 11.3 Å². The Morgan fingerprint density at radius 3 is 2.61 bits per heavy atom. The number of halogens is 3. The van der Waals surface area contributed by atoms with Crippen LogP contribution in [0.3, 0.4) is 0 Å². The molecule has 1 aliphatic carbocycles. The first-order chi connectivity index (χ1) is 19.2. The van der Waals surface area contributed by atoms with E-state index in [1.54, 1.807) is 32.3 Å². The van der Waals surface area contributed by atoms with Crippen molar-refractivity contribution < 1.29 is 32.3 Å².